The van der Waals surface area contributed by atoms with Gasteiger partial charge in [0.05, 0.1) is 0 Å². The van der Waals surface area contributed by atoms with Crippen molar-refractivity contribution in [1.29, 1.82) is 0 Å². The molecule has 2 aliphatic heterocycles. The van der Waals surface area contributed by atoms with Gasteiger partial charge in [-0.05, 0) is 80.2 Å². The van der Waals surface area contributed by atoms with E-state index in [0.717, 1.165) is 17.8 Å². The monoisotopic (exact) mass is 364 g/mol. The Labute approximate surface area is 165 Å². The zero-order chi connectivity index (χ0) is 18.1. The number of fused-ring (bicyclic) bond motifs is 1. The zero-order valence-electron chi connectivity index (χ0n) is 16.9. The van der Waals surface area contributed by atoms with Crippen molar-refractivity contribution in [2.75, 3.05) is 39.3 Å². The van der Waals surface area contributed by atoms with Gasteiger partial charge in [-0.2, -0.15) is 0 Å². The largest absolute Gasteiger partial charge is 0.303 e. The molecule has 4 aliphatic rings. The SMILES string of the molecule is C1=C(c2ccc(CCN3CCCC3)cc2)[C@H]2CN(CC3CCCC3)C[C@H]2C1. The highest BCUT2D eigenvalue weighted by molar-refractivity contribution is 5.70. The van der Waals surface area contributed by atoms with Crippen LogP contribution in [0.4, 0.5) is 0 Å². The summed E-state index contributed by atoms with van der Waals surface area (Å²) in [6, 6.07) is 9.61. The summed E-state index contributed by atoms with van der Waals surface area (Å²) in [4.78, 5) is 5.41. The molecule has 2 saturated heterocycles. The van der Waals surface area contributed by atoms with Gasteiger partial charge in [0.25, 0.3) is 0 Å². The molecule has 2 heteroatoms. The average molecular weight is 365 g/mol. The highest BCUT2D eigenvalue weighted by atomic mass is 15.2. The molecule has 0 amide bonds. The summed E-state index contributed by atoms with van der Waals surface area (Å²) in [5.74, 6) is 2.67. The minimum Gasteiger partial charge on any atom is -0.303 e. The molecule has 146 valence electrons. The van der Waals surface area contributed by atoms with Crippen LogP contribution in [-0.4, -0.2) is 49.1 Å². The van der Waals surface area contributed by atoms with Crippen molar-refractivity contribution < 1.29 is 0 Å². The van der Waals surface area contributed by atoms with E-state index in [4.69, 9.17) is 0 Å². The molecule has 1 saturated carbocycles. The second-order valence-corrected chi connectivity index (χ2v) is 9.63. The van der Waals surface area contributed by atoms with Gasteiger partial charge in [0.1, 0.15) is 0 Å². The Balaban J connectivity index is 1.17. The normalized spacial score (nSPS) is 29.6. The summed E-state index contributed by atoms with van der Waals surface area (Å²) >= 11 is 0. The topological polar surface area (TPSA) is 6.48 Å². The van der Waals surface area contributed by atoms with Crippen molar-refractivity contribution in [2.45, 2.75) is 51.4 Å². The van der Waals surface area contributed by atoms with Crippen LogP contribution in [0.5, 0.6) is 0 Å². The van der Waals surface area contributed by atoms with Crippen molar-refractivity contribution in [3.8, 4) is 0 Å². The van der Waals surface area contributed by atoms with Gasteiger partial charge in [0, 0.05) is 32.1 Å². The highest BCUT2D eigenvalue weighted by Gasteiger charge is 2.39. The molecule has 0 aromatic heterocycles. The van der Waals surface area contributed by atoms with Gasteiger partial charge in [-0.25, -0.2) is 0 Å². The molecular weight excluding hydrogens is 328 g/mol. The van der Waals surface area contributed by atoms with Crippen LogP contribution in [0.1, 0.15) is 56.1 Å². The number of likely N-dealkylation sites (tertiary alicyclic amines) is 2. The molecule has 2 atom stereocenters. The number of hydrogen-bond donors (Lipinski definition) is 0. The van der Waals surface area contributed by atoms with E-state index in [0.29, 0.717) is 0 Å². The molecule has 0 bridgehead atoms. The van der Waals surface area contributed by atoms with Crippen LogP contribution in [0.2, 0.25) is 0 Å². The maximum Gasteiger partial charge on any atom is 0.00539 e. The first-order chi connectivity index (χ1) is 13.3. The van der Waals surface area contributed by atoms with Crippen LogP contribution >= 0.6 is 0 Å². The molecule has 3 fully saturated rings. The van der Waals surface area contributed by atoms with Crippen molar-refractivity contribution in [3.63, 3.8) is 0 Å². The lowest BCUT2D eigenvalue weighted by atomic mass is 9.90. The number of hydrogen-bond acceptors (Lipinski definition) is 2. The molecule has 5 rings (SSSR count). The maximum atomic E-state index is 2.79. The first kappa shape index (κ1) is 17.9. The van der Waals surface area contributed by atoms with Crippen molar-refractivity contribution in [1.82, 2.24) is 9.80 Å². The molecule has 2 nitrogen and oxygen atoms in total. The van der Waals surface area contributed by atoms with Gasteiger partial charge in [-0.3, -0.25) is 0 Å². The van der Waals surface area contributed by atoms with Crippen LogP contribution in [0.25, 0.3) is 5.57 Å². The Kier molecular flexibility index (Phi) is 5.38. The first-order valence-electron chi connectivity index (χ1n) is 11.6. The van der Waals surface area contributed by atoms with Crippen LogP contribution in [0, 0.1) is 17.8 Å². The molecule has 0 radical (unpaired) electrons. The number of allylic oxidation sites excluding steroid dienone is 1. The van der Waals surface area contributed by atoms with Crippen LogP contribution < -0.4 is 0 Å². The molecule has 1 aromatic carbocycles. The first-order valence-corrected chi connectivity index (χ1v) is 11.6. The standard InChI is InChI=1S/C25H36N2/c1-2-6-21(5-1)17-27-18-23-11-12-24(25(23)19-27)22-9-7-20(8-10-22)13-16-26-14-3-4-15-26/h7-10,12,21,23,25H,1-6,11,13-19H2/t23-,25+/m1/s1. The van der Waals surface area contributed by atoms with Crippen molar-refractivity contribution in [3.05, 3.63) is 41.5 Å². The van der Waals surface area contributed by atoms with Crippen LogP contribution in [0.15, 0.2) is 30.3 Å². The summed E-state index contributed by atoms with van der Waals surface area (Å²) in [5.41, 5.74) is 4.66. The van der Waals surface area contributed by atoms with Crippen LogP contribution in [-0.2, 0) is 6.42 Å². The van der Waals surface area contributed by atoms with Crippen LogP contribution in [0.3, 0.4) is 0 Å². The molecule has 27 heavy (non-hydrogen) atoms. The highest BCUT2D eigenvalue weighted by Crippen LogP contribution is 2.43. The van der Waals surface area contributed by atoms with Gasteiger partial charge >= 0.3 is 0 Å². The third kappa shape index (κ3) is 4.03. The van der Waals surface area contributed by atoms with Crippen molar-refractivity contribution in [2.24, 2.45) is 17.8 Å². The maximum absolute atomic E-state index is 2.79. The summed E-state index contributed by atoms with van der Waals surface area (Å²) in [6.07, 6.45) is 13.8. The summed E-state index contributed by atoms with van der Waals surface area (Å²) in [6.45, 7) is 7.88. The third-order valence-electron chi connectivity index (χ3n) is 7.75. The van der Waals surface area contributed by atoms with E-state index in [2.05, 4.69) is 40.1 Å². The predicted molar refractivity (Wildman–Crippen MR) is 114 cm³/mol. The minimum absolute atomic E-state index is 0.793. The van der Waals surface area contributed by atoms with E-state index in [1.165, 1.54) is 102 Å². The number of rotatable bonds is 6. The lowest BCUT2D eigenvalue weighted by molar-refractivity contribution is 0.269. The summed E-state index contributed by atoms with van der Waals surface area (Å²) in [7, 11) is 0. The molecule has 1 aromatic rings. The molecule has 0 N–H and O–H groups in total. The molecule has 2 heterocycles. The van der Waals surface area contributed by atoms with E-state index >= 15 is 0 Å². The second-order valence-electron chi connectivity index (χ2n) is 9.63. The smallest absolute Gasteiger partial charge is 0.00539 e. The van der Waals surface area contributed by atoms with Gasteiger partial charge in [-0.15, -0.1) is 0 Å². The van der Waals surface area contributed by atoms with Crippen molar-refractivity contribution >= 4 is 5.57 Å². The molecular formula is C25H36N2. The summed E-state index contributed by atoms with van der Waals surface area (Å²) < 4.78 is 0. The fraction of sp³-hybridized carbons (Fsp3) is 0.680. The van der Waals surface area contributed by atoms with Gasteiger partial charge < -0.3 is 9.80 Å². The Morgan fingerprint density at radius 1 is 0.852 bits per heavy atom. The lowest BCUT2D eigenvalue weighted by Crippen LogP contribution is -2.27. The van der Waals surface area contributed by atoms with E-state index in [1.54, 1.807) is 5.57 Å². The number of benzene rings is 1. The van der Waals surface area contributed by atoms with E-state index in [1.807, 2.05) is 0 Å². The summed E-state index contributed by atoms with van der Waals surface area (Å²) in [5, 5.41) is 0. The van der Waals surface area contributed by atoms with Gasteiger partial charge in [-0.1, -0.05) is 43.2 Å². The Bertz CT molecular complexity index is 649. The lowest BCUT2D eigenvalue weighted by Gasteiger charge is -2.21. The quantitative estimate of drug-likeness (QED) is 0.712. The Morgan fingerprint density at radius 2 is 1.63 bits per heavy atom. The average Bonchev–Trinajstić information content (AvgIpc) is 3.46. The fourth-order valence-electron chi connectivity index (χ4n) is 6.18. The Morgan fingerprint density at radius 3 is 2.41 bits per heavy atom. The molecule has 0 spiro atoms. The van der Waals surface area contributed by atoms with Gasteiger partial charge in [0.15, 0.2) is 0 Å². The zero-order valence-corrected chi connectivity index (χ0v) is 16.9. The van der Waals surface area contributed by atoms with E-state index in [-0.39, 0.29) is 0 Å². The van der Waals surface area contributed by atoms with E-state index in [9.17, 15) is 0 Å². The fourth-order valence-corrected chi connectivity index (χ4v) is 6.18. The molecule has 0 unspecified atom stereocenters. The molecule has 2 aliphatic carbocycles. The minimum atomic E-state index is 0.793. The second kappa shape index (κ2) is 8.09. The van der Waals surface area contributed by atoms with Gasteiger partial charge in [0.2, 0.25) is 0 Å². The number of nitrogens with zero attached hydrogens (tertiary/aromatic N) is 2. The third-order valence-corrected chi connectivity index (χ3v) is 7.75. The predicted octanol–water partition coefficient (Wildman–Crippen LogP) is 4.85. The Hall–Kier alpha value is -1.12. The van der Waals surface area contributed by atoms with E-state index < -0.39 is 0 Å².